The van der Waals surface area contributed by atoms with Crippen molar-refractivity contribution in [3.63, 3.8) is 0 Å². The number of carbonyl (C=O) groups excluding carboxylic acids is 1. The normalized spacial score (nSPS) is 15.0. The maximum absolute atomic E-state index is 13.8. The van der Waals surface area contributed by atoms with E-state index in [1.807, 2.05) is 89.5 Å². The molecular formula is C35H37N5O4. The van der Waals surface area contributed by atoms with Crippen molar-refractivity contribution in [2.45, 2.75) is 44.2 Å². The first-order valence-electron chi connectivity index (χ1n) is 15.1. The molecule has 1 amide bonds. The van der Waals surface area contributed by atoms with Crippen LogP contribution >= 0.6 is 0 Å². The lowest BCUT2D eigenvalue weighted by Crippen LogP contribution is -2.37. The van der Waals surface area contributed by atoms with Gasteiger partial charge in [0.05, 0.1) is 18.6 Å². The number of carbonyl (C=O) groups is 1. The third-order valence-corrected chi connectivity index (χ3v) is 8.91. The molecule has 226 valence electrons. The summed E-state index contributed by atoms with van der Waals surface area (Å²) in [6.45, 7) is 0.176. The van der Waals surface area contributed by atoms with Crippen LogP contribution in [0.4, 0.5) is 0 Å². The maximum atomic E-state index is 13.8. The van der Waals surface area contributed by atoms with E-state index in [1.165, 1.54) is 11.6 Å². The summed E-state index contributed by atoms with van der Waals surface area (Å²) in [6.07, 6.45) is 4.17. The summed E-state index contributed by atoms with van der Waals surface area (Å²) >= 11 is 0. The van der Waals surface area contributed by atoms with Gasteiger partial charge in [0.2, 0.25) is 5.91 Å². The SMILES string of the molecule is Cn1c(=O)c2c(nc(-c3ccccc3)n2Cc2ccc(C(C(=O)NC(CO)c3ccccc3)C3CCCC3)cc2)n(C)c1=O. The Morgan fingerprint density at radius 3 is 2.16 bits per heavy atom. The van der Waals surface area contributed by atoms with Crippen molar-refractivity contribution in [1.29, 1.82) is 0 Å². The molecule has 5 aromatic rings. The van der Waals surface area contributed by atoms with Gasteiger partial charge in [-0.15, -0.1) is 0 Å². The minimum atomic E-state index is -0.476. The molecule has 0 saturated heterocycles. The molecule has 0 spiro atoms. The number of nitrogens with one attached hydrogen (secondary N) is 1. The molecule has 2 N–H and O–H groups in total. The third kappa shape index (κ3) is 5.51. The van der Waals surface area contributed by atoms with E-state index >= 15 is 0 Å². The zero-order valence-electron chi connectivity index (χ0n) is 25.0. The first-order chi connectivity index (χ1) is 21.4. The summed E-state index contributed by atoms with van der Waals surface area (Å²) in [5.74, 6) is 0.411. The van der Waals surface area contributed by atoms with Gasteiger partial charge in [0.15, 0.2) is 11.2 Å². The van der Waals surface area contributed by atoms with Gasteiger partial charge in [-0.05, 0) is 35.4 Å². The van der Waals surface area contributed by atoms with Gasteiger partial charge in [-0.2, -0.15) is 0 Å². The molecule has 3 aromatic carbocycles. The van der Waals surface area contributed by atoms with Crippen LogP contribution in [-0.4, -0.2) is 36.3 Å². The number of aromatic nitrogens is 4. The molecule has 1 aliphatic carbocycles. The second-order valence-electron chi connectivity index (χ2n) is 11.7. The molecular weight excluding hydrogens is 554 g/mol. The molecule has 9 nitrogen and oxygen atoms in total. The number of amides is 1. The van der Waals surface area contributed by atoms with E-state index in [0.717, 1.165) is 52.5 Å². The monoisotopic (exact) mass is 591 g/mol. The number of imidazole rings is 1. The van der Waals surface area contributed by atoms with Crippen LogP contribution < -0.4 is 16.6 Å². The van der Waals surface area contributed by atoms with E-state index in [4.69, 9.17) is 4.98 Å². The molecule has 2 aromatic heterocycles. The van der Waals surface area contributed by atoms with E-state index in [2.05, 4.69) is 5.32 Å². The average molecular weight is 592 g/mol. The average Bonchev–Trinajstić information content (AvgIpc) is 3.72. The second kappa shape index (κ2) is 12.5. The maximum Gasteiger partial charge on any atom is 0.332 e. The fourth-order valence-corrected chi connectivity index (χ4v) is 6.53. The van der Waals surface area contributed by atoms with Crippen LogP contribution in [0.1, 0.15) is 54.3 Å². The van der Waals surface area contributed by atoms with E-state index < -0.39 is 17.3 Å². The second-order valence-corrected chi connectivity index (χ2v) is 11.7. The summed E-state index contributed by atoms with van der Waals surface area (Å²) in [5.41, 5.74) is 3.44. The molecule has 0 bridgehead atoms. The number of hydrogen-bond acceptors (Lipinski definition) is 5. The van der Waals surface area contributed by atoms with Crippen LogP contribution in [0.2, 0.25) is 0 Å². The highest BCUT2D eigenvalue weighted by atomic mass is 16.3. The molecule has 1 aliphatic rings. The Bertz CT molecular complexity index is 1890. The molecule has 1 fully saturated rings. The fourth-order valence-electron chi connectivity index (χ4n) is 6.53. The fraction of sp³-hybridized carbons (Fsp3) is 0.314. The van der Waals surface area contributed by atoms with Gasteiger partial charge in [0, 0.05) is 26.2 Å². The van der Waals surface area contributed by atoms with Crippen molar-refractivity contribution in [2.24, 2.45) is 20.0 Å². The highest BCUT2D eigenvalue weighted by Gasteiger charge is 2.33. The Labute approximate surface area is 255 Å². The lowest BCUT2D eigenvalue weighted by atomic mass is 9.83. The summed E-state index contributed by atoms with van der Waals surface area (Å²) in [7, 11) is 3.10. The number of hydrogen-bond donors (Lipinski definition) is 2. The van der Waals surface area contributed by atoms with E-state index in [9.17, 15) is 19.5 Å². The number of aliphatic hydroxyl groups excluding tert-OH is 1. The zero-order valence-corrected chi connectivity index (χ0v) is 25.0. The van der Waals surface area contributed by atoms with Crippen molar-refractivity contribution in [1.82, 2.24) is 24.0 Å². The van der Waals surface area contributed by atoms with Crippen LogP contribution in [0.25, 0.3) is 22.6 Å². The number of benzene rings is 3. The van der Waals surface area contributed by atoms with Crippen molar-refractivity contribution < 1.29 is 9.90 Å². The zero-order chi connectivity index (χ0) is 30.8. The molecule has 2 heterocycles. The molecule has 0 radical (unpaired) electrons. The number of fused-ring (bicyclic) bond motifs is 1. The van der Waals surface area contributed by atoms with Crippen molar-refractivity contribution in [3.05, 3.63) is 122 Å². The van der Waals surface area contributed by atoms with Crippen molar-refractivity contribution >= 4 is 17.1 Å². The Balaban J connectivity index is 1.35. The standard InChI is InChI=1S/C35H37N5O4/c1-38-32-30(34(43)39(2)35(38)44)40(31(37-32)27-15-7-4-8-16-27)21-23-17-19-26(20-18-23)29(25-13-9-10-14-25)33(42)36-28(22-41)24-11-5-3-6-12-24/h3-8,11-12,15-20,25,28-29,41H,9-10,13-14,21-22H2,1-2H3,(H,36,42). The lowest BCUT2D eigenvalue weighted by Gasteiger charge is -2.26. The van der Waals surface area contributed by atoms with Gasteiger partial charge in [0.25, 0.3) is 5.56 Å². The number of aliphatic hydroxyl groups is 1. The summed E-state index contributed by atoms with van der Waals surface area (Å²) in [6, 6.07) is 26.7. The molecule has 0 aliphatic heterocycles. The lowest BCUT2D eigenvalue weighted by molar-refractivity contribution is -0.124. The Kier molecular flexibility index (Phi) is 8.30. The summed E-state index contributed by atoms with van der Waals surface area (Å²) in [4.78, 5) is 44.6. The smallest absolute Gasteiger partial charge is 0.332 e. The minimum absolute atomic E-state index is 0.0797. The van der Waals surface area contributed by atoms with E-state index in [-0.39, 0.29) is 24.3 Å². The van der Waals surface area contributed by atoms with Crippen LogP contribution in [0, 0.1) is 5.92 Å². The van der Waals surface area contributed by atoms with Crippen LogP contribution in [-0.2, 0) is 25.4 Å². The molecule has 6 rings (SSSR count). The number of aryl methyl sites for hydroxylation is 1. The first kappa shape index (κ1) is 29.3. The Morgan fingerprint density at radius 2 is 1.52 bits per heavy atom. The van der Waals surface area contributed by atoms with Gasteiger partial charge in [0.1, 0.15) is 5.82 Å². The van der Waals surface area contributed by atoms with Gasteiger partial charge in [-0.1, -0.05) is 97.8 Å². The molecule has 44 heavy (non-hydrogen) atoms. The number of nitrogens with zero attached hydrogens (tertiary/aromatic N) is 4. The van der Waals surface area contributed by atoms with Gasteiger partial charge < -0.3 is 15.0 Å². The third-order valence-electron chi connectivity index (χ3n) is 8.91. The van der Waals surface area contributed by atoms with Crippen molar-refractivity contribution in [3.8, 4) is 11.4 Å². The van der Waals surface area contributed by atoms with E-state index in [1.54, 1.807) is 7.05 Å². The highest BCUT2D eigenvalue weighted by molar-refractivity contribution is 5.84. The highest BCUT2D eigenvalue weighted by Crippen LogP contribution is 2.38. The summed E-state index contributed by atoms with van der Waals surface area (Å²) < 4.78 is 4.38. The topological polar surface area (TPSA) is 111 Å². The Hall–Kier alpha value is -4.76. The summed E-state index contributed by atoms with van der Waals surface area (Å²) in [5, 5.41) is 13.2. The van der Waals surface area contributed by atoms with Gasteiger partial charge in [-0.3, -0.25) is 18.7 Å². The minimum Gasteiger partial charge on any atom is -0.394 e. The number of rotatable bonds is 9. The predicted molar refractivity (Wildman–Crippen MR) is 170 cm³/mol. The van der Waals surface area contributed by atoms with E-state index in [0.29, 0.717) is 23.5 Å². The molecule has 9 heteroatoms. The van der Waals surface area contributed by atoms with Gasteiger partial charge in [-0.25, -0.2) is 9.78 Å². The van der Waals surface area contributed by atoms with Crippen molar-refractivity contribution in [2.75, 3.05) is 6.61 Å². The van der Waals surface area contributed by atoms with Crippen LogP contribution in [0.5, 0.6) is 0 Å². The quantitative estimate of drug-likeness (QED) is 0.266. The first-order valence-corrected chi connectivity index (χ1v) is 15.1. The Morgan fingerprint density at radius 1 is 0.886 bits per heavy atom. The van der Waals surface area contributed by atoms with Crippen LogP contribution in [0.15, 0.2) is 94.5 Å². The predicted octanol–water partition coefficient (Wildman–Crippen LogP) is 4.27. The molecule has 2 unspecified atom stereocenters. The molecule has 2 atom stereocenters. The largest absolute Gasteiger partial charge is 0.394 e. The van der Waals surface area contributed by atoms with Gasteiger partial charge >= 0.3 is 5.69 Å². The van der Waals surface area contributed by atoms with Crippen LogP contribution in [0.3, 0.4) is 0 Å². The molecule has 1 saturated carbocycles.